The Morgan fingerprint density at radius 3 is 2.34 bits per heavy atom. The molecule has 0 fully saturated rings. The van der Waals surface area contributed by atoms with E-state index in [2.05, 4.69) is 10.0 Å². The van der Waals surface area contributed by atoms with Gasteiger partial charge in [-0.25, -0.2) is 8.42 Å². The SMILES string of the molecule is CCOc1ccc(S(=O)(=O)NC(Cc2ccccc2)C(=O)Nc2ccc(Cl)cc2)cc1C. The third kappa shape index (κ3) is 6.32. The molecule has 0 heterocycles. The molecule has 0 spiro atoms. The second-order valence-corrected chi connectivity index (χ2v) is 9.37. The van der Waals surface area contributed by atoms with Crippen LogP contribution in [0.15, 0.2) is 77.7 Å². The zero-order valence-electron chi connectivity index (χ0n) is 17.8. The van der Waals surface area contributed by atoms with Crippen LogP contribution in [0.25, 0.3) is 0 Å². The number of hydrogen-bond donors (Lipinski definition) is 2. The maximum absolute atomic E-state index is 13.1. The van der Waals surface area contributed by atoms with Crippen LogP contribution < -0.4 is 14.8 Å². The number of anilines is 1. The Labute approximate surface area is 193 Å². The number of carbonyl (C=O) groups is 1. The molecule has 0 aliphatic rings. The zero-order chi connectivity index (χ0) is 23.1. The zero-order valence-corrected chi connectivity index (χ0v) is 19.4. The first kappa shape index (κ1) is 23.8. The number of halogens is 1. The van der Waals surface area contributed by atoms with E-state index in [0.29, 0.717) is 28.6 Å². The van der Waals surface area contributed by atoms with Crippen LogP contribution in [0.3, 0.4) is 0 Å². The number of benzene rings is 3. The Morgan fingerprint density at radius 1 is 1.03 bits per heavy atom. The van der Waals surface area contributed by atoms with Crippen LogP contribution >= 0.6 is 11.6 Å². The lowest BCUT2D eigenvalue weighted by molar-refractivity contribution is -0.117. The number of sulfonamides is 1. The molecule has 1 atom stereocenters. The summed E-state index contributed by atoms with van der Waals surface area (Å²) < 4.78 is 34.3. The number of rotatable bonds is 9. The van der Waals surface area contributed by atoms with Crippen molar-refractivity contribution < 1.29 is 17.9 Å². The first-order chi connectivity index (χ1) is 15.3. The summed E-state index contributed by atoms with van der Waals surface area (Å²) in [5.41, 5.74) is 2.04. The van der Waals surface area contributed by atoms with Crippen molar-refractivity contribution in [1.82, 2.24) is 4.72 Å². The van der Waals surface area contributed by atoms with Gasteiger partial charge < -0.3 is 10.1 Å². The van der Waals surface area contributed by atoms with E-state index in [1.807, 2.05) is 37.3 Å². The summed E-state index contributed by atoms with van der Waals surface area (Å²) in [6, 6.07) is 19.4. The van der Waals surface area contributed by atoms with Crippen LogP contribution in [0.5, 0.6) is 5.75 Å². The van der Waals surface area contributed by atoms with Gasteiger partial charge in [0.2, 0.25) is 15.9 Å². The molecule has 1 unspecified atom stereocenters. The molecule has 0 aliphatic heterocycles. The maximum Gasteiger partial charge on any atom is 0.242 e. The van der Waals surface area contributed by atoms with Gasteiger partial charge in [0.05, 0.1) is 11.5 Å². The van der Waals surface area contributed by atoms with E-state index in [1.54, 1.807) is 37.3 Å². The van der Waals surface area contributed by atoms with E-state index in [4.69, 9.17) is 16.3 Å². The molecular weight excluding hydrogens is 448 g/mol. The van der Waals surface area contributed by atoms with Crippen molar-refractivity contribution >= 4 is 33.2 Å². The molecule has 8 heteroatoms. The van der Waals surface area contributed by atoms with Gasteiger partial charge in [-0.05, 0) is 73.9 Å². The standard InChI is InChI=1S/C24H25ClN2O4S/c1-3-31-23-14-13-21(15-17(23)2)32(29,30)27-22(16-18-7-5-4-6-8-18)24(28)26-20-11-9-19(25)10-12-20/h4-15,22,27H,3,16H2,1-2H3,(H,26,28). The topological polar surface area (TPSA) is 84.5 Å². The van der Waals surface area contributed by atoms with Crippen molar-refractivity contribution in [3.05, 3.63) is 88.9 Å². The first-order valence-corrected chi connectivity index (χ1v) is 12.0. The van der Waals surface area contributed by atoms with Crippen LogP contribution in [0.1, 0.15) is 18.1 Å². The third-order valence-electron chi connectivity index (χ3n) is 4.76. The summed E-state index contributed by atoms with van der Waals surface area (Å²) in [4.78, 5) is 13.1. The Bertz CT molecular complexity index is 1170. The molecule has 0 saturated heterocycles. The average Bonchev–Trinajstić information content (AvgIpc) is 2.77. The first-order valence-electron chi connectivity index (χ1n) is 10.1. The number of ether oxygens (including phenoxy) is 1. The van der Waals surface area contributed by atoms with E-state index >= 15 is 0 Å². The van der Waals surface area contributed by atoms with Gasteiger partial charge in [0.15, 0.2) is 0 Å². The molecule has 3 aromatic carbocycles. The van der Waals surface area contributed by atoms with E-state index in [-0.39, 0.29) is 11.3 Å². The lowest BCUT2D eigenvalue weighted by Gasteiger charge is -2.19. The summed E-state index contributed by atoms with van der Waals surface area (Å²) in [7, 11) is -3.97. The number of nitrogens with one attached hydrogen (secondary N) is 2. The van der Waals surface area contributed by atoms with Crippen LogP contribution in [0.2, 0.25) is 5.02 Å². The summed E-state index contributed by atoms with van der Waals surface area (Å²) in [6.07, 6.45) is 0.190. The number of hydrogen-bond acceptors (Lipinski definition) is 4. The molecule has 1 amide bonds. The van der Waals surface area contributed by atoms with Crippen LogP contribution in [0.4, 0.5) is 5.69 Å². The Kier molecular flexibility index (Phi) is 7.90. The quantitative estimate of drug-likeness (QED) is 0.477. The van der Waals surface area contributed by atoms with E-state index < -0.39 is 22.0 Å². The molecule has 3 rings (SSSR count). The van der Waals surface area contributed by atoms with Crippen LogP contribution in [0, 0.1) is 6.92 Å². The van der Waals surface area contributed by atoms with E-state index in [9.17, 15) is 13.2 Å². The minimum atomic E-state index is -3.97. The molecule has 32 heavy (non-hydrogen) atoms. The third-order valence-corrected chi connectivity index (χ3v) is 6.49. The van der Waals surface area contributed by atoms with E-state index in [0.717, 1.165) is 5.56 Å². The molecular formula is C24H25ClN2O4S. The highest BCUT2D eigenvalue weighted by atomic mass is 35.5. The van der Waals surface area contributed by atoms with Gasteiger partial charge in [0, 0.05) is 10.7 Å². The minimum Gasteiger partial charge on any atom is -0.494 e. The monoisotopic (exact) mass is 472 g/mol. The Hall–Kier alpha value is -2.87. The highest BCUT2D eigenvalue weighted by molar-refractivity contribution is 7.89. The predicted octanol–water partition coefficient (Wildman–Crippen LogP) is 4.58. The second kappa shape index (κ2) is 10.6. The fourth-order valence-electron chi connectivity index (χ4n) is 3.16. The molecule has 0 aromatic heterocycles. The number of amides is 1. The molecule has 0 aliphatic carbocycles. The van der Waals surface area contributed by atoms with Crippen molar-refractivity contribution in [2.24, 2.45) is 0 Å². The fourth-order valence-corrected chi connectivity index (χ4v) is 4.57. The molecule has 0 saturated carbocycles. The maximum atomic E-state index is 13.1. The lowest BCUT2D eigenvalue weighted by atomic mass is 10.1. The Balaban J connectivity index is 1.86. The van der Waals surface area contributed by atoms with Gasteiger partial charge in [0.1, 0.15) is 11.8 Å². The van der Waals surface area contributed by atoms with E-state index in [1.165, 1.54) is 12.1 Å². The van der Waals surface area contributed by atoms with Crippen molar-refractivity contribution in [1.29, 1.82) is 0 Å². The van der Waals surface area contributed by atoms with Gasteiger partial charge >= 0.3 is 0 Å². The molecule has 0 bridgehead atoms. The number of carbonyl (C=O) groups excluding carboxylic acids is 1. The molecule has 2 N–H and O–H groups in total. The normalized spacial score (nSPS) is 12.2. The van der Waals surface area contributed by atoms with Crippen molar-refractivity contribution in [3.8, 4) is 5.75 Å². The highest BCUT2D eigenvalue weighted by Gasteiger charge is 2.26. The van der Waals surface area contributed by atoms with Crippen LogP contribution in [-0.2, 0) is 21.2 Å². The highest BCUT2D eigenvalue weighted by Crippen LogP contribution is 2.22. The minimum absolute atomic E-state index is 0.0656. The van der Waals surface area contributed by atoms with Crippen molar-refractivity contribution in [2.75, 3.05) is 11.9 Å². The van der Waals surface area contributed by atoms with Gasteiger partial charge in [0.25, 0.3) is 0 Å². The predicted molar refractivity (Wildman–Crippen MR) is 127 cm³/mol. The summed E-state index contributed by atoms with van der Waals surface area (Å²) in [6.45, 7) is 4.12. The fraction of sp³-hybridized carbons (Fsp3) is 0.208. The summed E-state index contributed by atoms with van der Waals surface area (Å²) in [5.74, 6) is 0.148. The van der Waals surface area contributed by atoms with Gasteiger partial charge in [-0.2, -0.15) is 4.72 Å². The summed E-state index contributed by atoms with van der Waals surface area (Å²) >= 11 is 5.90. The number of aryl methyl sites for hydroxylation is 1. The Morgan fingerprint density at radius 2 is 1.72 bits per heavy atom. The molecule has 3 aromatic rings. The van der Waals surface area contributed by atoms with Crippen molar-refractivity contribution in [2.45, 2.75) is 31.2 Å². The lowest BCUT2D eigenvalue weighted by Crippen LogP contribution is -2.45. The van der Waals surface area contributed by atoms with Crippen LogP contribution in [-0.4, -0.2) is 27.0 Å². The smallest absolute Gasteiger partial charge is 0.242 e. The van der Waals surface area contributed by atoms with Gasteiger partial charge in [-0.15, -0.1) is 0 Å². The second-order valence-electron chi connectivity index (χ2n) is 7.22. The summed E-state index contributed by atoms with van der Waals surface area (Å²) in [5, 5.41) is 3.29. The van der Waals surface area contributed by atoms with Crippen molar-refractivity contribution in [3.63, 3.8) is 0 Å². The largest absolute Gasteiger partial charge is 0.494 e. The van der Waals surface area contributed by atoms with Gasteiger partial charge in [-0.3, -0.25) is 4.79 Å². The molecule has 6 nitrogen and oxygen atoms in total. The molecule has 0 radical (unpaired) electrons. The molecule has 168 valence electrons. The average molecular weight is 473 g/mol. The van der Waals surface area contributed by atoms with Gasteiger partial charge in [-0.1, -0.05) is 41.9 Å².